The summed E-state index contributed by atoms with van der Waals surface area (Å²) in [5.74, 6) is 0. The molecule has 0 aromatic heterocycles. The summed E-state index contributed by atoms with van der Waals surface area (Å²) in [6.45, 7) is 17.2. The molecule has 0 aliphatic heterocycles. The highest BCUT2D eigenvalue weighted by Gasteiger charge is 2.14. The second-order valence-corrected chi connectivity index (χ2v) is 12.2. The number of hydrogen-bond donors (Lipinski definition) is 0. The van der Waals surface area contributed by atoms with Crippen molar-refractivity contribution >= 4 is 12.3 Å². The van der Waals surface area contributed by atoms with Gasteiger partial charge < -0.3 is 23.7 Å². The zero-order chi connectivity index (χ0) is 30.5. The minimum atomic E-state index is -0.803. The van der Waals surface area contributed by atoms with E-state index in [4.69, 9.17) is 23.7 Å². The summed E-state index contributed by atoms with van der Waals surface area (Å²) < 4.78 is 25.4. The van der Waals surface area contributed by atoms with Gasteiger partial charge in [-0.2, -0.15) is 0 Å². The topological polar surface area (TPSA) is 80.3 Å². The molecule has 0 radical (unpaired) electrons. The Bertz CT molecular complexity index is 1070. The number of hydrogen-bond acceptors (Lipinski definition) is 7. The first-order valence-corrected chi connectivity index (χ1v) is 14.0. The molecule has 0 bridgehead atoms. The molecular formula is C34H46O7. The van der Waals surface area contributed by atoms with Crippen molar-refractivity contribution in [2.75, 3.05) is 26.4 Å². The SMILES string of the molecule is CC(=COC(=O)OCCOCCOC(=O)OC=C(C)Cc1ccc(C(C)(C)C)cc1)Cc1ccc(C(C)(C)C)cc1. The summed E-state index contributed by atoms with van der Waals surface area (Å²) in [5.41, 5.74) is 6.82. The minimum absolute atomic E-state index is 0.0170. The summed E-state index contributed by atoms with van der Waals surface area (Å²) in [6.07, 6.45) is 2.54. The molecule has 224 valence electrons. The van der Waals surface area contributed by atoms with E-state index in [-0.39, 0.29) is 37.3 Å². The van der Waals surface area contributed by atoms with Crippen molar-refractivity contribution in [2.24, 2.45) is 0 Å². The van der Waals surface area contributed by atoms with Crippen molar-refractivity contribution in [3.8, 4) is 0 Å². The molecule has 0 unspecified atom stereocenters. The fourth-order valence-corrected chi connectivity index (χ4v) is 3.81. The van der Waals surface area contributed by atoms with E-state index in [1.165, 1.54) is 23.7 Å². The second-order valence-electron chi connectivity index (χ2n) is 12.2. The molecule has 0 aliphatic rings. The molecule has 0 atom stereocenters. The van der Waals surface area contributed by atoms with Crippen LogP contribution in [-0.2, 0) is 47.4 Å². The van der Waals surface area contributed by atoms with Gasteiger partial charge >= 0.3 is 12.3 Å². The van der Waals surface area contributed by atoms with Crippen molar-refractivity contribution < 1.29 is 33.3 Å². The monoisotopic (exact) mass is 566 g/mol. The van der Waals surface area contributed by atoms with Crippen molar-refractivity contribution in [3.63, 3.8) is 0 Å². The van der Waals surface area contributed by atoms with Gasteiger partial charge in [0.05, 0.1) is 25.7 Å². The van der Waals surface area contributed by atoms with Crippen LogP contribution in [0.25, 0.3) is 0 Å². The Kier molecular flexibility index (Phi) is 13.1. The van der Waals surface area contributed by atoms with Gasteiger partial charge in [-0.25, -0.2) is 9.59 Å². The summed E-state index contributed by atoms with van der Waals surface area (Å²) in [4.78, 5) is 23.6. The first kappa shape index (κ1) is 33.6. The minimum Gasteiger partial charge on any atom is -0.432 e. The molecule has 2 aromatic rings. The first-order valence-electron chi connectivity index (χ1n) is 14.0. The van der Waals surface area contributed by atoms with Crippen molar-refractivity contribution in [1.82, 2.24) is 0 Å². The standard InChI is InChI=1S/C34H46O7/c1-25(21-27-9-13-29(14-10-27)33(3,4)5)23-40-31(35)38-19-17-37-18-20-39-32(36)41-24-26(2)22-28-11-15-30(16-12-28)34(6,7)8/h9-16,23-24H,17-22H2,1-8H3. The molecule has 0 saturated heterocycles. The molecule has 0 amide bonds. The van der Waals surface area contributed by atoms with Crippen LogP contribution in [0.3, 0.4) is 0 Å². The van der Waals surface area contributed by atoms with E-state index >= 15 is 0 Å². The van der Waals surface area contributed by atoms with E-state index in [9.17, 15) is 9.59 Å². The molecule has 7 heteroatoms. The lowest BCUT2D eigenvalue weighted by atomic mass is 9.86. The largest absolute Gasteiger partial charge is 0.513 e. The Labute approximate surface area is 245 Å². The van der Waals surface area contributed by atoms with E-state index in [0.29, 0.717) is 12.8 Å². The molecule has 0 fully saturated rings. The van der Waals surface area contributed by atoms with E-state index in [0.717, 1.165) is 22.3 Å². The molecular weight excluding hydrogens is 520 g/mol. The third-order valence-electron chi connectivity index (χ3n) is 6.21. The van der Waals surface area contributed by atoms with Gasteiger partial charge in [0.1, 0.15) is 13.2 Å². The van der Waals surface area contributed by atoms with E-state index < -0.39 is 12.3 Å². The summed E-state index contributed by atoms with van der Waals surface area (Å²) in [5, 5.41) is 0. The molecule has 2 aromatic carbocycles. The maximum Gasteiger partial charge on any atom is 0.513 e. The molecule has 41 heavy (non-hydrogen) atoms. The van der Waals surface area contributed by atoms with E-state index in [2.05, 4.69) is 90.1 Å². The van der Waals surface area contributed by atoms with Gasteiger partial charge in [-0.05, 0) is 70.9 Å². The van der Waals surface area contributed by atoms with Gasteiger partial charge in [0, 0.05) is 0 Å². The maximum absolute atomic E-state index is 11.8. The average Bonchev–Trinajstić information content (AvgIpc) is 2.90. The van der Waals surface area contributed by atoms with Crippen LogP contribution in [0.15, 0.2) is 72.2 Å². The Hall–Kier alpha value is -3.58. The second kappa shape index (κ2) is 16.0. The zero-order valence-electron chi connectivity index (χ0n) is 25.9. The molecule has 7 nitrogen and oxygen atoms in total. The average molecular weight is 567 g/mol. The Balaban J connectivity index is 1.55. The van der Waals surface area contributed by atoms with Crippen LogP contribution in [0, 0.1) is 0 Å². The van der Waals surface area contributed by atoms with Gasteiger partial charge in [-0.1, -0.05) is 90.1 Å². The molecule has 0 aliphatic carbocycles. The number of carbonyl (C=O) groups excluding carboxylic acids is 2. The van der Waals surface area contributed by atoms with E-state index in [1.54, 1.807) is 0 Å². The number of benzene rings is 2. The number of allylic oxidation sites excluding steroid dienone is 2. The lowest BCUT2D eigenvalue weighted by Crippen LogP contribution is -2.14. The van der Waals surface area contributed by atoms with Crippen LogP contribution < -0.4 is 0 Å². The van der Waals surface area contributed by atoms with Crippen molar-refractivity contribution in [3.05, 3.63) is 94.5 Å². The van der Waals surface area contributed by atoms with Gasteiger partial charge in [0.25, 0.3) is 0 Å². The Morgan fingerprint density at radius 2 is 0.927 bits per heavy atom. The van der Waals surface area contributed by atoms with Crippen molar-refractivity contribution in [1.29, 1.82) is 0 Å². The lowest BCUT2D eigenvalue weighted by Gasteiger charge is -2.19. The van der Waals surface area contributed by atoms with E-state index in [1.807, 2.05) is 13.8 Å². The quantitative estimate of drug-likeness (QED) is 0.145. The molecule has 2 rings (SSSR count). The van der Waals surface area contributed by atoms with Gasteiger partial charge in [-0.3, -0.25) is 0 Å². The van der Waals surface area contributed by atoms with Crippen LogP contribution >= 0.6 is 0 Å². The molecule has 0 spiro atoms. The normalized spacial score (nSPS) is 12.6. The maximum atomic E-state index is 11.8. The highest BCUT2D eigenvalue weighted by atomic mass is 16.7. The molecule has 0 saturated carbocycles. The van der Waals surface area contributed by atoms with Crippen LogP contribution in [0.4, 0.5) is 9.59 Å². The van der Waals surface area contributed by atoms with Crippen LogP contribution in [0.5, 0.6) is 0 Å². The lowest BCUT2D eigenvalue weighted by molar-refractivity contribution is 0.0199. The zero-order valence-corrected chi connectivity index (χ0v) is 25.9. The first-order chi connectivity index (χ1) is 19.2. The van der Waals surface area contributed by atoms with Crippen LogP contribution in [-0.4, -0.2) is 38.7 Å². The Morgan fingerprint density at radius 3 is 1.24 bits per heavy atom. The third-order valence-corrected chi connectivity index (χ3v) is 6.21. The predicted octanol–water partition coefficient (Wildman–Crippen LogP) is 8.20. The summed E-state index contributed by atoms with van der Waals surface area (Å²) in [7, 11) is 0. The van der Waals surface area contributed by atoms with Gasteiger partial charge in [0.2, 0.25) is 0 Å². The number of carbonyl (C=O) groups is 2. The Morgan fingerprint density at radius 1 is 0.585 bits per heavy atom. The fraction of sp³-hybridized carbons (Fsp3) is 0.471. The van der Waals surface area contributed by atoms with Crippen LogP contribution in [0.1, 0.15) is 77.6 Å². The summed E-state index contributed by atoms with van der Waals surface area (Å²) >= 11 is 0. The predicted molar refractivity (Wildman–Crippen MR) is 161 cm³/mol. The third kappa shape index (κ3) is 13.6. The number of rotatable bonds is 12. The summed E-state index contributed by atoms with van der Waals surface area (Å²) in [6, 6.07) is 16.8. The van der Waals surface area contributed by atoms with Gasteiger partial charge in [-0.15, -0.1) is 0 Å². The fourth-order valence-electron chi connectivity index (χ4n) is 3.81. The highest BCUT2D eigenvalue weighted by molar-refractivity contribution is 5.61. The number of ether oxygens (including phenoxy) is 5. The van der Waals surface area contributed by atoms with Gasteiger partial charge in [0.15, 0.2) is 0 Å². The van der Waals surface area contributed by atoms with Crippen LogP contribution in [0.2, 0.25) is 0 Å². The van der Waals surface area contributed by atoms with Crippen molar-refractivity contribution in [2.45, 2.75) is 79.1 Å². The molecule has 0 N–H and O–H groups in total. The molecule has 0 heterocycles. The smallest absolute Gasteiger partial charge is 0.432 e. The highest BCUT2D eigenvalue weighted by Crippen LogP contribution is 2.24.